The van der Waals surface area contributed by atoms with Crippen LogP contribution in [0.25, 0.3) is 5.69 Å². The number of fused-ring (bicyclic) bond motifs is 1. The maximum Gasteiger partial charge on any atom is 0.264 e. The van der Waals surface area contributed by atoms with Gasteiger partial charge in [0.1, 0.15) is 0 Å². The smallest absolute Gasteiger partial charge is 0.264 e. The van der Waals surface area contributed by atoms with Crippen LogP contribution in [0, 0.1) is 0 Å². The van der Waals surface area contributed by atoms with Gasteiger partial charge in [0.2, 0.25) is 0 Å². The number of ketones is 1. The van der Waals surface area contributed by atoms with Crippen molar-refractivity contribution in [2.75, 3.05) is 11.4 Å². The van der Waals surface area contributed by atoms with Gasteiger partial charge in [0.05, 0.1) is 12.1 Å². The Labute approximate surface area is 192 Å². The topological polar surface area (TPSA) is 62.5 Å². The number of amides is 1. The highest BCUT2D eigenvalue weighted by molar-refractivity contribution is 6.10. The summed E-state index contributed by atoms with van der Waals surface area (Å²) < 4.78 is 1.95. The first-order valence-electron chi connectivity index (χ1n) is 11.0. The maximum atomic E-state index is 13.4. The highest BCUT2D eigenvalue weighted by atomic mass is 16.3. The number of hydrogen-bond acceptors (Lipinski definition) is 3. The third-order valence-corrected chi connectivity index (χ3v) is 6.21. The molecule has 1 aromatic heterocycles. The number of rotatable bonds is 7. The molecular formula is C28H24N2O3. The Hall–Kier alpha value is -3.96. The first kappa shape index (κ1) is 20.9. The molecule has 0 saturated heterocycles. The van der Waals surface area contributed by atoms with Gasteiger partial charge in [0, 0.05) is 35.8 Å². The van der Waals surface area contributed by atoms with Gasteiger partial charge in [-0.25, -0.2) is 0 Å². The largest absolute Gasteiger partial charge is 0.375 e. The molecule has 1 N–H and O–H groups in total. The summed E-state index contributed by atoms with van der Waals surface area (Å²) >= 11 is 0. The fraction of sp³-hybridized carbons (Fsp3) is 0.143. The quantitative estimate of drug-likeness (QED) is 0.433. The van der Waals surface area contributed by atoms with E-state index in [1.54, 1.807) is 29.2 Å². The van der Waals surface area contributed by atoms with E-state index in [1.165, 1.54) is 0 Å². The van der Waals surface area contributed by atoms with E-state index in [0.29, 0.717) is 29.8 Å². The SMILES string of the molecule is O=C(C[C@@]1(O)C(=O)N(CCc2ccccc2)c2ccccc21)c1ccc(-n2cccc2)cc1. The fourth-order valence-corrected chi connectivity index (χ4v) is 4.45. The summed E-state index contributed by atoms with van der Waals surface area (Å²) in [6, 6.07) is 28.1. The number of anilines is 1. The van der Waals surface area contributed by atoms with Crippen molar-refractivity contribution in [1.29, 1.82) is 0 Å². The summed E-state index contributed by atoms with van der Waals surface area (Å²) in [5, 5.41) is 11.5. The van der Waals surface area contributed by atoms with Crippen LogP contribution in [-0.4, -0.2) is 27.9 Å². The fourth-order valence-electron chi connectivity index (χ4n) is 4.45. The Kier molecular flexibility index (Phi) is 5.40. The molecule has 1 aliphatic heterocycles. The van der Waals surface area contributed by atoms with Crippen molar-refractivity contribution < 1.29 is 14.7 Å². The zero-order valence-electron chi connectivity index (χ0n) is 18.1. The van der Waals surface area contributed by atoms with Crippen molar-refractivity contribution >= 4 is 17.4 Å². The Morgan fingerprint density at radius 3 is 2.21 bits per heavy atom. The molecule has 1 atom stereocenters. The zero-order chi connectivity index (χ0) is 22.8. The van der Waals surface area contributed by atoms with E-state index in [2.05, 4.69) is 0 Å². The van der Waals surface area contributed by atoms with Gasteiger partial charge in [-0.1, -0.05) is 48.5 Å². The lowest BCUT2D eigenvalue weighted by atomic mass is 9.88. The normalized spacial score (nSPS) is 17.2. The van der Waals surface area contributed by atoms with E-state index in [9.17, 15) is 14.7 Å². The first-order valence-corrected chi connectivity index (χ1v) is 11.0. The van der Waals surface area contributed by atoms with Crippen molar-refractivity contribution in [2.24, 2.45) is 0 Å². The molecule has 5 nitrogen and oxygen atoms in total. The molecule has 33 heavy (non-hydrogen) atoms. The second kappa shape index (κ2) is 8.52. The summed E-state index contributed by atoms with van der Waals surface area (Å²) in [5.74, 6) is -0.721. The molecule has 3 aromatic carbocycles. The molecular weight excluding hydrogens is 412 g/mol. The summed E-state index contributed by atoms with van der Waals surface area (Å²) in [4.78, 5) is 28.1. The molecule has 164 valence electrons. The molecule has 1 aliphatic rings. The Balaban J connectivity index is 1.38. The molecule has 0 bridgehead atoms. The number of aliphatic hydroxyl groups is 1. The highest BCUT2D eigenvalue weighted by Gasteiger charge is 2.50. The molecule has 5 rings (SSSR count). The van der Waals surface area contributed by atoms with E-state index in [4.69, 9.17) is 0 Å². The Bertz CT molecular complexity index is 1280. The minimum Gasteiger partial charge on any atom is -0.375 e. The average Bonchev–Trinajstić information content (AvgIpc) is 3.46. The Morgan fingerprint density at radius 2 is 1.48 bits per heavy atom. The molecule has 5 heteroatoms. The number of carbonyl (C=O) groups is 2. The minimum atomic E-state index is -1.87. The Morgan fingerprint density at radius 1 is 0.818 bits per heavy atom. The molecule has 0 spiro atoms. The molecule has 0 radical (unpaired) electrons. The van der Waals surface area contributed by atoms with Crippen LogP contribution in [-0.2, 0) is 16.8 Å². The van der Waals surface area contributed by atoms with Crippen LogP contribution in [0.15, 0.2) is 103 Å². The van der Waals surface area contributed by atoms with Crippen LogP contribution in [0.2, 0.25) is 0 Å². The van der Waals surface area contributed by atoms with E-state index in [0.717, 1.165) is 11.3 Å². The summed E-state index contributed by atoms with van der Waals surface area (Å²) in [7, 11) is 0. The van der Waals surface area contributed by atoms with Crippen LogP contribution in [0.3, 0.4) is 0 Å². The predicted octanol–water partition coefficient (Wildman–Crippen LogP) is 4.53. The number of nitrogens with zero attached hydrogens (tertiary/aromatic N) is 2. The van der Waals surface area contributed by atoms with Crippen LogP contribution < -0.4 is 4.90 Å². The number of hydrogen-bond donors (Lipinski definition) is 1. The summed E-state index contributed by atoms with van der Waals surface area (Å²) in [6.07, 6.45) is 4.22. The molecule has 0 fully saturated rings. The van der Waals surface area contributed by atoms with Gasteiger partial charge in [-0.3, -0.25) is 9.59 Å². The standard InChI is InChI=1S/C28H24N2O3/c31-26(22-12-14-23(15-13-22)29-17-6-7-18-29)20-28(33)24-10-4-5-11-25(24)30(27(28)32)19-16-21-8-2-1-3-9-21/h1-15,17-18,33H,16,19-20H2/t28-/m0/s1. The number of aromatic nitrogens is 1. The molecule has 4 aromatic rings. The minimum absolute atomic E-state index is 0.274. The van der Waals surface area contributed by atoms with Crippen LogP contribution >= 0.6 is 0 Å². The predicted molar refractivity (Wildman–Crippen MR) is 128 cm³/mol. The van der Waals surface area contributed by atoms with Crippen molar-refractivity contribution in [3.8, 4) is 5.69 Å². The number of Topliss-reactive ketones (excluding diaryl/α,β-unsaturated/α-hetero) is 1. The third kappa shape index (κ3) is 3.88. The number of para-hydroxylation sites is 1. The monoisotopic (exact) mass is 436 g/mol. The lowest BCUT2D eigenvalue weighted by Crippen LogP contribution is -2.42. The van der Waals surface area contributed by atoms with Crippen molar-refractivity contribution in [2.45, 2.75) is 18.4 Å². The van der Waals surface area contributed by atoms with Gasteiger partial charge in [-0.2, -0.15) is 0 Å². The zero-order valence-corrected chi connectivity index (χ0v) is 18.1. The van der Waals surface area contributed by atoms with Gasteiger partial charge in [0.25, 0.3) is 5.91 Å². The van der Waals surface area contributed by atoms with Crippen molar-refractivity contribution in [3.63, 3.8) is 0 Å². The summed E-state index contributed by atoms with van der Waals surface area (Å²) in [6.45, 7) is 0.432. The van der Waals surface area contributed by atoms with Gasteiger partial charge < -0.3 is 14.6 Å². The molecule has 2 heterocycles. The maximum absolute atomic E-state index is 13.4. The molecule has 0 aliphatic carbocycles. The van der Waals surface area contributed by atoms with E-state index >= 15 is 0 Å². The molecule has 1 amide bonds. The van der Waals surface area contributed by atoms with Gasteiger partial charge in [0.15, 0.2) is 11.4 Å². The lowest BCUT2D eigenvalue weighted by molar-refractivity contribution is -0.135. The van der Waals surface area contributed by atoms with Crippen LogP contribution in [0.5, 0.6) is 0 Å². The second-order valence-electron chi connectivity index (χ2n) is 8.31. The second-order valence-corrected chi connectivity index (χ2v) is 8.31. The average molecular weight is 437 g/mol. The van der Waals surface area contributed by atoms with E-state index in [-0.39, 0.29) is 12.2 Å². The van der Waals surface area contributed by atoms with Crippen molar-refractivity contribution in [3.05, 3.63) is 120 Å². The van der Waals surface area contributed by atoms with E-state index in [1.807, 2.05) is 83.7 Å². The van der Waals surface area contributed by atoms with Crippen molar-refractivity contribution in [1.82, 2.24) is 4.57 Å². The highest BCUT2D eigenvalue weighted by Crippen LogP contribution is 2.42. The van der Waals surface area contributed by atoms with Gasteiger partial charge in [-0.05, 0) is 54.4 Å². The number of benzene rings is 3. The molecule has 0 saturated carbocycles. The third-order valence-electron chi connectivity index (χ3n) is 6.21. The lowest BCUT2D eigenvalue weighted by Gasteiger charge is -2.23. The first-order chi connectivity index (χ1) is 16.1. The van der Waals surface area contributed by atoms with Crippen LogP contribution in [0.4, 0.5) is 5.69 Å². The van der Waals surface area contributed by atoms with Crippen LogP contribution in [0.1, 0.15) is 27.9 Å². The van der Waals surface area contributed by atoms with Gasteiger partial charge in [-0.15, -0.1) is 0 Å². The van der Waals surface area contributed by atoms with Gasteiger partial charge >= 0.3 is 0 Å². The summed E-state index contributed by atoms with van der Waals surface area (Å²) in [5.41, 5.74) is 1.79. The molecule has 0 unspecified atom stereocenters. The number of carbonyl (C=O) groups excluding carboxylic acids is 2. The van der Waals surface area contributed by atoms with E-state index < -0.39 is 11.5 Å².